The van der Waals surface area contributed by atoms with Gasteiger partial charge in [-0.15, -0.1) is 0 Å². The van der Waals surface area contributed by atoms with E-state index in [-0.39, 0.29) is 11.8 Å². The van der Waals surface area contributed by atoms with Crippen molar-refractivity contribution in [2.75, 3.05) is 25.5 Å². The molecule has 24 heavy (non-hydrogen) atoms. The van der Waals surface area contributed by atoms with E-state index in [1.807, 2.05) is 24.3 Å². The molecule has 0 bridgehead atoms. The van der Waals surface area contributed by atoms with E-state index in [9.17, 15) is 9.59 Å². The van der Waals surface area contributed by atoms with E-state index >= 15 is 0 Å². The number of benzene rings is 2. The molecule has 2 aromatic carbocycles. The molecule has 3 rings (SSSR count). The van der Waals surface area contributed by atoms with Gasteiger partial charge in [0.05, 0.1) is 6.42 Å². The Bertz CT molecular complexity index is 784. The Balaban J connectivity index is 1.77. The molecule has 2 aromatic rings. The second-order valence-corrected chi connectivity index (χ2v) is 6.58. The molecule has 0 saturated carbocycles. The van der Waals surface area contributed by atoms with Crippen molar-refractivity contribution in [3.63, 3.8) is 0 Å². The van der Waals surface area contributed by atoms with Gasteiger partial charge in [0.1, 0.15) is 0 Å². The van der Waals surface area contributed by atoms with Crippen molar-refractivity contribution in [1.82, 2.24) is 4.90 Å². The Labute approximate surface area is 146 Å². The third-order valence-corrected chi connectivity index (χ3v) is 4.45. The number of hydrogen-bond donors (Lipinski definition) is 0. The van der Waals surface area contributed by atoms with Crippen molar-refractivity contribution < 1.29 is 9.59 Å². The number of carbonyl (C=O) groups is 2. The summed E-state index contributed by atoms with van der Waals surface area (Å²) in [5.41, 5.74) is 3.56. The molecule has 1 aliphatic heterocycles. The molecule has 0 radical (unpaired) electrons. The van der Waals surface area contributed by atoms with Crippen molar-refractivity contribution in [1.29, 1.82) is 0 Å². The van der Waals surface area contributed by atoms with Crippen LogP contribution in [-0.4, -0.2) is 37.4 Å². The van der Waals surface area contributed by atoms with Gasteiger partial charge in [-0.05, 0) is 47.9 Å². The number of nitrogens with zero attached hydrogens (tertiary/aromatic N) is 2. The second kappa shape index (κ2) is 6.65. The van der Waals surface area contributed by atoms with Gasteiger partial charge in [-0.1, -0.05) is 23.7 Å². The Kier molecular flexibility index (Phi) is 4.58. The van der Waals surface area contributed by atoms with E-state index in [2.05, 4.69) is 0 Å². The Morgan fingerprint density at radius 1 is 1.12 bits per heavy atom. The predicted octanol–water partition coefficient (Wildman–Crippen LogP) is 3.17. The minimum absolute atomic E-state index is 0.0243. The van der Waals surface area contributed by atoms with Crippen molar-refractivity contribution in [3.05, 3.63) is 64.2 Å². The van der Waals surface area contributed by atoms with E-state index in [1.54, 1.807) is 42.1 Å². The zero-order chi connectivity index (χ0) is 17.3. The summed E-state index contributed by atoms with van der Waals surface area (Å²) >= 11 is 5.88. The van der Waals surface area contributed by atoms with Crippen LogP contribution in [0.2, 0.25) is 5.02 Å². The minimum atomic E-state index is -0.0243. The molecule has 0 aliphatic carbocycles. The summed E-state index contributed by atoms with van der Waals surface area (Å²) in [4.78, 5) is 28.0. The maximum absolute atomic E-state index is 12.6. The third-order valence-electron chi connectivity index (χ3n) is 4.20. The van der Waals surface area contributed by atoms with Crippen LogP contribution in [0.1, 0.15) is 21.5 Å². The fourth-order valence-electron chi connectivity index (χ4n) is 2.92. The van der Waals surface area contributed by atoms with Crippen LogP contribution in [0.4, 0.5) is 5.69 Å². The number of fused-ring (bicyclic) bond motifs is 1. The van der Waals surface area contributed by atoms with Gasteiger partial charge in [0.25, 0.3) is 5.91 Å². The first-order chi connectivity index (χ1) is 11.5. The summed E-state index contributed by atoms with van der Waals surface area (Å²) in [5.74, 6) is 0.0338. The molecule has 0 N–H and O–H groups in total. The number of amides is 2. The van der Waals surface area contributed by atoms with Crippen LogP contribution >= 0.6 is 11.6 Å². The molecular formula is C19H19ClN2O2. The maximum Gasteiger partial charge on any atom is 0.253 e. The van der Waals surface area contributed by atoms with Crippen molar-refractivity contribution >= 4 is 29.1 Å². The molecule has 2 amide bonds. The quantitative estimate of drug-likeness (QED) is 0.859. The average molecular weight is 343 g/mol. The van der Waals surface area contributed by atoms with Crippen LogP contribution in [0.5, 0.6) is 0 Å². The molecule has 0 atom stereocenters. The van der Waals surface area contributed by atoms with Gasteiger partial charge >= 0.3 is 0 Å². The van der Waals surface area contributed by atoms with Crippen molar-refractivity contribution in [3.8, 4) is 0 Å². The molecule has 0 unspecified atom stereocenters. The van der Waals surface area contributed by atoms with Gasteiger partial charge in [0.2, 0.25) is 5.91 Å². The number of hydrogen-bond acceptors (Lipinski definition) is 2. The Hall–Kier alpha value is -2.33. The first kappa shape index (κ1) is 16.5. The molecular weight excluding hydrogens is 324 g/mol. The van der Waals surface area contributed by atoms with Crippen LogP contribution in [0.25, 0.3) is 0 Å². The lowest BCUT2D eigenvalue weighted by atomic mass is 10.1. The van der Waals surface area contributed by atoms with Gasteiger partial charge in [-0.2, -0.15) is 0 Å². The van der Waals surface area contributed by atoms with E-state index in [1.165, 1.54) is 0 Å². The highest BCUT2D eigenvalue weighted by atomic mass is 35.5. The van der Waals surface area contributed by atoms with Crippen LogP contribution in [0, 0.1) is 0 Å². The third kappa shape index (κ3) is 3.29. The van der Waals surface area contributed by atoms with Gasteiger partial charge < -0.3 is 9.80 Å². The van der Waals surface area contributed by atoms with Gasteiger partial charge in [0.15, 0.2) is 0 Å². The summed E-state index contributed by atoms with van der Waals surface area (Å²) in [6, 6.07) is 12.9. The van der Waals surface area contributed by atoms with Crippen LogP contribution in [0.3, 0.4) is 0 Å². The molecule has 5 heteroatoms. The first-order valence-electron chi connectivity index (χ1n) is 7.85. The normalized spacial score (nSPS) is 12.9. The lowest BCUT2D eigenvalue weighted by molar-refractivity contribution is -0.117. The maximum atomic E-state index is 12.6. The summed E-state index contributed by atoms with van der Waals surface area (Å²) < 4.78 is 0. The van der Waals surface area contributed by atoms with Gasteiger partial charge in [-0.3, -0.25) is 9.59 Å². The standard InChI is InChI=1S/C19H19ClN2O2/c1-21(2)19(24)15-5-8-17-14(12-15)9-10-22(17)18(23)11-13-3-6-16(20)7-4-13/h3-8,12H,9-11H2,1-2H3. The zero-order valence-corrected chi connectivity index (χ0v) is 14.5. The monoisotopic (exact) mass is 342 g/mol. The zero-order valence-electron chi connectivity index (χ0n) is 13.8. The van der Waals surface area contributed by atoms with Crippen LogP contribution in [0.15, 0.2) is 42.5 Å². The smallest absolute Gasteiger partial charge is 0.253 e. The fourth-order valence-corrected chi connectivity index (χ4v) is 3.05. The van der Waals surface area contributed by atoms with Crippen LogP contribution < -0.4 is 4.90 Å². The topological polar surface area (TPSA) is 40.6 Å². The average Bonchev–Trinajstić information content (AvgIpc) is 2.99. The minimum Gasteiger partial charge on any atom is -0.345 e. The van der Waals surface area contributed by atoms with Crippen LogP contribution in [-0.2, 0) is 17.6 Å². The van der Waals surface area contributed by atoms with E-state index < -0.39 is 0 Å². The number of rotatable bonds is 3. The highest BCUT2D eigenvalue weighted by Crippen LogP contribution is 2.29. The van der Waals surface area contributed by atoms with Gasteiger partial charge in [0, 0.05) is 36.9 Å². The van der Waals surface area contributed by atoms with Crippen molar-refractivity contribution in [2.24, 2.45) is 0 Å². The summed E-state index contributed by atoms with van der Waals surface area (Å²) in [6.07, 6.45) is 1.12. The fraction of sp³-hybridized carbons (Fsp3) is 0.263. The molecule has 4 nitrogen and oxygen atoms in total. The Morgan fingerprint density at radius 2 is 1.83 bits per heavy atom. The molecule has 0 fully saturated rings. The highest BCUT2D eigenvalue weighted by Gasteiger charge is 2.25. The molecule has 1 heterocycles. The molecule has 1 aliphatic rings. The number of halogens is 1. The lowest BCUT2D eigenvalue weighted by Crippen LogP contribution is -2.30. The van der Waals surface area contributed by atoms with Gasteiger partial charge in [-0.25, -0.2) is 0 Å². The molecule has 0 aromatic heterocycles. The lowest BCUT2D eigenvalue weighted by Gasteiger charge is -2.18. The summed E-state index contributed by atoms with van der Waals surface area (Å²) in [5, 5.41) is 0.663. The Morgan fingerprint density at radius 3 is 2.50 bits per heavy atom. The first-order valence-corrected chi connectivity index (χ1v) is 8.23. The predicted molar refractivity (Wildman–Crippen MR) is 95.7 cm³/mol. The summed E-state index contributed by atoms with van der Waals surface area (Å²) in [7, 11) is 3.47. The molecule has 0 saturated heterocycles. The molecule has 124 valence electrons. The highest BCUT2D eigenvalue weighted by molar-refractivity contribution is 6.30. The SMILES string of the molecule is CN(C)C(=O)c1ccc2c(c1)CCN2C(=O)Cc1ccc(Cl)cc1. The number of carbonyl (C=O) groups excluding carboxylic acids is 2. The van der Waals surface area contributed by atoms with E-state index in [0.29, 0.717) is 23.6 Å². The second-order valence-electron chi connectivity index (χ2n) is 6.14. The molecule has 0 spiro atoms. The van der Waals surface area contributed by atoms with E-state index in [0.717, 1.165) is 23.2 Å². The van der Waals surface area contributed by atoms with E-state index in [4.69, 9.17) is 11.6 Å². The largest absolute Gasteiger partial charge is 0.345 e. The summed E-state index contributed by atoms with van der Waals surface area (Å²) in [6.45, 7) is 0.654. The number of anilines is 1. The van der Waals surface area contributed by atoms with Crippen molar-refractivity contribution in [2.45, 2.75) is 12.8 Å².